The van der Waals surface area contributed by atoms with Crippen LogP contribution >= 0.6 is 0 Å². The Bertz CT molecular complexity index is 615. The summed E-state index contributed by atoms with van der Waals surface area (Å²) in [5.74, 6) is -1.42. The average Bonchev–Trinajstić information content (AvgIpc) is 3.12. The molecule has 2 aliphatic heterocycles. The molecule has 3 rings (SSSR count). The number of ether oxygens (including phenoxy) is 4. The van der Waals surface area contributed by atoms with Gasteiger partial charge in [-0.25, -0.2) is 4.79 Å². The Morgan fingerprint density at radius 3 is 2.56 bits per heavy atom. The van der Waals surface area contributed by atoms with Gasteiger partial charge in [-0.1, -0.05) is 6.08 Å². The van der Waals surface area contributed by atoms with Crippen LogP contribution in [-0.2, 0) is 23.7 Å². The predicted molar refractivity (Wildman–Crippen MR) is 86.6 cm³/mol. The van der Waals surface area contributed by atoms with Gasteiger partial charge in [0.1, 0.15) is 24.4 Å². The van der Waals surface area contributed by atoms with E-state index >= 15 is 0 Å². The number of esters is 1. The number of carbonyl (C=O) groups is 1. The lowest BCUT2D eigenvalue weighted by Crippen LogP contribution is -2.60. The van der Waals surface area contributed by atoms with E-state index in [1.165, 1.54) is 13.4 Å². The van der Waals surface area contributed by atoms with Gasteiger partial charge in [0.05, 0.1) is 38.1 Å². The van der Waals surface area contributed by atoms with Crippen LogP contribution < -0.4 is 0 Å². The van der Waals surface area contributed by atoms with E-state index in [0.717, 1.165) is 0 Å². The molecule has 0 amide bonds. The van der Waals surface area contributed by atoms with Crippen molar-refractivity contribution in [2.75, 3.05) is 20.3 Å². The predicted octanol–water partition coefficient (Wildman–Crippen LogP) is -2.23. The number of allylic oxidation sites excluding steroid dienone is 1. The van der Waals surface area contributed by atoms with E-state index in [4.69, 9.17) is 18.9 Å². The molecule has 0 radical (unpaired) electrons. The van der Waals surface area contributed by atoms with E-state index in [0.29, 0.717) is 17.6 Å². The van der Waals surface area contributed by atoms with Crippen molar-refractivity contribution >= 4 is 5.97 Å². The molecule has 152 valence electrons. The molecule has 0 aromatic carbocycles. The van der Waals surface area contributed by atoms with E-state index < -0.39 is 55.5 Å². The highest BCUT2D eigenvalue weighted by atomic mass is 16.8. The smallest absolute Gasteiger partial charge is 0.337 e. The molecule has 2 heterocycles. The molecule has 0 aromatic rings. The second-order valence-corrected chi connectivity index (χ2v) is 6.71. The lowest BCUT2D eigenvalue weighted by Gasteiger charge is -2.42. The average molecular weight is 388 g/mol. The topological polar surface area (TPSA) is 155 Å². The Balaban J connectivity index is 1.80. The second-order valence-electron chi connectivity index (χ2n) is 6.71. The van der Waals surface area contributed by atoms with Crippen molar-refractivity contribution in [3.63, 3.8) is 0 Å². The number of hydrogen-bond acceptors (Lipinski definition) is 10. The van der Waals surface area contributed by atoms with Gasteiger partial charge < -0.3 is 44.5 Å². The highest BCUT2D eigenvalue weighted by Crippen LogP contribution is 2.44. The first kappa shape index (κ1) is 20.2. The summed E-state index contributed by atoms with van der Waals surface area (Å²) in [6, 6.07) is 0. The van der Waals surface area contributed by atoms with Crippen molar-refractivity contribution in [3.8, 4) is 0 Å². The monoisotopic (exact) mass is 388 g/mol. The standard InChI is InChI=1S/C17H24O10/c1-24-15(23)9-6-25-16(11-7(4-18)2-3-8(9)11)27-17-14(22)13(21)12(20)10(5-19)26-17/h2,6,8,10-14,16-22H,3-5H2,1H3/t8-,10+,11+,12+,13-,14+,16-,17-/m0/s1. The highest BCUT2D eigenvalue weighted by molar-refractivity contribution is 5.89. The Labute approximate surface area is 155 Å². The Morgan fingerprint density at radius 2 is 1.93 bits per heavy atom. The minimum Gasteiger partial charge on any atom is -0.471 e. The molecule has 1 saturated heterocycles. The van der Waals surface area contributed by atoms with Crippen molar-refractivity contribution in [1.82, 2.24) is 0 Å². The third-order valence-electron chi connectivity index (χ3n) is 5.24. The lowest BCUT2D eigenvalue weighted by molar-refractivity contribution is -0.339. The van der Waals surface area contributed by atoms with Crippen LogP contribution in [0.3, 0.4) is 0 Å². The Morgan fingerprint density at radius 1 is 1.19 bits per heavy atom. The summed E-state index contributed by atoms with van der Waals surface area (Å²) in [6.07, 6.45) is -4.73. The quantitative estimate of drug-likeness (QED) is 0.258. The fourth-order valence-corrected chi connectivity index (χ4v) is 3.73. The van der Waals surface area contributed by atoms with E-state index in [2.05, 4.69) is 0 Å². The largest absolute Gasteiger partial charge is 0.471 e. The number of rotatable bonds is 5. The minimum absolute atomic E-state index is 0.270. The summed E-state index contributed by atoms with van der Waals surface area (Å²) < 4.78 is 21.3. The first-order valence-corrected chi connectivity index (χ1v) is 8.62. The van der Waals surface area contributed by atoms with Crippen LogP contribution in [0.15, 0.2) is 23.5 Å². The number of fused-ring (bicyclic) bond motifs is 1. The molecule has 1 fully saturated rings. The molecule has 1 aliphatic carbocycles. The van der Waals surface area contributed by atoms with E-state index in [-0.39, 0.29) is 12.5 Å². The summed E-state index contributed by atoms with van der Waals surface area (Å²) in [7, 11) is 1.25. The molecule has 0 spiro atoms. The van der Waals surface area contributed by atoms with Gasteiger partial charge >= 0.3 is 5.97 Å². The Kier molecular flexibility index (Phi) is 6.16. The molecule has 3 aliphatic rings. The van der Waals surface area contributed by atoms with Crippen LogP contribution in [0, 0.1) is 11.8 Å². The fraction of sp³-hybridized carbons (Fsp3) is 0.706. The zero-order valence-electron chi connectivity index (χ0n) is 14.7. The molecular formula is C17H24O10. The maximum atomic E-state index is 12.0. The van der Waals surface area contributed by atoms with Gasteiger partial charge in [0.2, 0.25) is 6.29 Å². The van der Waals surface area contributed by atoms with Crippen LogP contribution in [-0.4, -0.2) is 88.8 Å². The van der Waals surface area contributed by atoms with Crippen molar-refractivity contribution in [1.29, 1.82) is 0 Å². The first-order chi connectivity index (χ1) is 12.9. The molecule has 27 heavy (non-hydrogen) atoms. The van der Waals surface area contributed by atoms with Crippen LogP contribution in [0.1, 0.15) is 6.42 Å². The van der Waals surface area contributed by atoms with Crippen LogP contribution in [0.5, 0.6) is 0 Å². The molecule has 0 saturated carbocycles. The number of aliphatic hydroxyl groups is 5. The van der Waals surface area contributed by atoms with Crippen molar-refractivity contribution in [3.05, 3.63) is 23.5 Å². The minimum atomic E-state index is -1.59. The van der Waals surface area contributed by atoms with Gasteiger partial charge in [-0.05, 0) is 12.0 Å². The zero-order valence-corrected chi connectivity index (χ0v) is 14.7. The Hall–Kier alpha value is -1.53. The summed E-state index contributed by atoms with van der Waals surface area (Å²) in [4.78, 5) is 12.0. The molecule has 10 heteroatoms. The number of methoxy groups -OCH3 is 1. The SMILES string of the molecule is COC(=O)C1=CO[C@@H](O[C@@H]2O[C@H](CO)[C@@H](O)[C@H](O)[C@H]2O)[C@@H]2C(CO)=CC[C@@H]12. The highest BCUT2D eigenvalue weighted by Gasteiger charge is 2.49. The molecule has 0 aromatic heterocycles. The summed E-state index contributed by atoms with van der Waals surface area (Å²) in [5.41, 5.74) is 0.903. The maximum absolute atomic E-state index is 12.0. The summed E-state index contributed by atoms with van der Waals surface area (Å²) in [6.45, 7) is -0.857. The molecule has 5 N–H and O–H groups in total. The number of aliphatic hydroxyl groups excluding tert-OH is 5. The first-order valence-electron chi connectivity index (χ1n) is 8.62. The van der Waals surface area contributed by atoms with Gasteiger partial charge in [-0.3, -0.25) is 0 Å². The number of hydrogen-bond donors (Lipinski definition) is 5. The van der Waals surface area contributed by atoms with Gasteiger partial charge in [0.25, 0.3) is 0 Å². The maximum Gasteiger partial charge on any atom is 0.337 e. The van der Waals surface area contributed by atoms with Gasteiger partial charge in [0.15, 0.2) is 6.29 Å². The fourth-order valence-electron chi connectivity index (χ4n) is 3.73. The van der Waals surface area contributed by atoms with E-state index in [1.807, 2.05) is 0 Å². The van der Waals surface area contributed by atoms with Crippen molar-refractivity contribution < 1.29 is 49.3 Å². The van der Waals surface area contributed by atoms with E-state index in [9.17, 15) is 30.3 Å². The molecule has 0 bridgehead atoms. The number of carbonyl (C=O) groups excluding carboxylic acids is 1. The zero-order chi connectivity index (χ0) is 19.7. The third-order valence-corrected chi connectivity index (χ3v) is 5.24. The van der Waals surface area contributed by atoms with E-state index in [1.54, 1.807) is 6.08 Å². The summed E-state index contributed by atoms with van der Waals surface area (Å²) in [5, 5.41) is 48.8. The van der Waals surface area contributed by atoms with Gasteiger partial charge in [-0.2, -0.15) is 0 Å². The molecule has 0 unspecified atom stereocenters. The van der Waals surface area contributed by atoms with Crippen LogP contribution in [0.25, 0.3) is 0 Å². The van der Waals surface area contributed by atoms with Gasteiger partial charge in [-0.15, -0.1) is 0 Å². The molecular weight excluding hydrogens is 364 g/mol. The lowest BCUT2D eigenvalue weighted by atomic mass is 9.83. The third kappa shape index (κ3) is 3.61. The van der Waals surface area contributed by atoms with Crippen LogP contribution in [0.2, 0.25) is 0 Å². The molecule has 10 nitrogen and oxygen atoms in total. The summed E-state index contributed by atoms with van der Waals surface area (Å²) >= 11 is 0. The van der Waals surface area contributed by atoms with Crippen LogP contribution in [0.4, 0.5) is 0 Å². The second kappa shape index (κ2) is 8.23. The van der Waals surface area contributed by atoms with Gasteiger partial charge in [0, 0.05) is 5.92 Å². The van der Waals surface area contributed by atoms with Crippen molar-refractivity contribution in [2.24, 2.45) is 11.8 Å². The normalized spacial score (nSPS) is 41.3. The molecule has 8 atom stereocenters. The van der Waals surface area contributed by atoms with Crippen molar-refractivity contribution in [2.45, 2.75) is 43.4 Å².